The minimum atomic E-state index is 0. The Bertz CT molecular complexity index is 407. The second-order valence-electron chi connectivity index (χ2n) is 5.00. The van der Waals surface area contributed by atoms with Gasteiger partial charge in [0, 0.05) is 32.7 Å². The topological polar surface area (TPSA) is 32.8 Å². The van der Waals surface area contributed by atoms with Crippen LogP contribution in [-0.4, -0.2) is 62.5 Å². The maximum atomic E-state index is 10.8. The van der Waals surface area contributed by atoms with Crippen LogP contribution in [0.2, 0.25) is 0 Å². The normalized spacial score (nSPS) is 16.4. The molecule has 1 aliphatic rings. The molecule has 0 saturated carbocycles. The van der Waals surface area contributed by atoms with E-state index in [9.17, 15) is 4.79 Å². The second kappa shape index (κ2) is 8.95. The first-order valence-electron chi connectivity index (χ1n) is 6.87. The number of hydrogen-bond acceptors (Lipinski definition) is 4. The van der Waals surface area contributed by atoms with Crippen LogP contribution in [0.15, 0.2) is 24.3 Å². The van der Waals surface area contributed by atoms with Crippen LogP contribution in [0.5, 0.6) is 5.75 Å². The Morgan fingerprint density at radius 3 is 2.60 bits per heavy atom. The van der Waals surface area contributed by atoms with Gasteiger partial charge in [0.15, 0.2) is 6.29 Å². The molecule has 1 fully saturated rings. The number of likely N-dealkylation sites (N-methyl/N-ethyl adjacent to an activating group) is 1. The van der Waals surface area contributed by atoms with Gasteiger partial charge in [0.05, 0.1) is 12.2 Å². The van der Waals surface area contributed by atoms with Gasteiger partial charge in [0.1, 0.15) is 5.75 Å². The fourth-order valence-corrected chi connectivity index (χ4v) is 2.25. The number of para-hydroxylation sites is 1. The molecular formula is C15H23ClN2O2. The molecule has 1 saturated heterocycles. The van der Waals surface area contributed by atoms with Crippen LogP contribution in [0, 0.1) is 0 Å². The summed E-state index contributed by atoms with van der Waals surface area (Å²) in [6, 6.07) is 7.37. The summed E-state index contributed by atoms with van der Waals surface area (Å²) in [6.45, 7) is 6.31. The van der Waals surface area contributed by atoms with E-state index in [1.165, 1.54) is 0 Å². The van der Waals surface area contributed by atoms with E-state index in [4.69, 9.17) is 4.74 Å². The first-order chi connectivity index (χ1) is 9.29. The van der Waals surface area contributed by atoms with E-state index >= 15 is 0 Å². The third-order valence-electron chi connectivity index (χ3n) is 3.52. The second-order valence-corrected chi connectivity index (χ2v) is 5.00. The van der Waals surface area contributed by atoms with Crippen molar-refractivity contribution in [2.24, 2.45) is 0 Å². The maximum absolute atomic E-state index is 10.8. The number of hydrogen-bond donors (Lipinski definition) is 0. The molecule has 0 atom stereocenters. The lowest BCUT2D eigenvalue weighted by atomic mass is 10.2. The average Bonchev–Trinajstić information content (AvgIpc) is 2.46. The number of carbonyl (C=O) groups excluding carboxylic acids is 1. The smallest absolute Gasteiger partial charge is 0.153 e. The van der Waals surface area contributed by atoms with E-state index in [2.05, 4.69) is 16.8 Å². The van der Waals surface area contributed by atoms with E-state index in [0.29, 0.717) is 17.9 Å². The van der Waals surface area contributed by atoms with Crippen LogP contribution in [0.4, 0.5) is 0 Å². The van der Waals surface area contributed by atoms with Crippen molar-refractivity contribution >= 4 is 18.7 Å². The molecule has 0 aromatic heterocycles. The monoisotopic (exact) mass is 298 g/mol. The summed E-state index contributed by atoms with van der Waals surface area (Å²) in [6.07, 6.45) is 1.84. The van der Waals surface area contributed by atoms with Gasteiger partial charge in [-0.3, -0.25) is 4.79 Å². The van der Waals surface area contributed by atoms with Crippen molar-refractivity contribution in [3.63, 3.8) is 0 Å². The molecule has 0 radical (unpaired) electrons. The van der Waals surface area contributed by atoms with Crippen LogP contribution in [0.3, 0.4) is 0 Å². The summed E-state index contributed by atoms with van der Waals surface area (Å²) >= 11 is 0. The number of carbonyl (C=O) groups is 1. The van der Waals surface area contributed by atoms with Crippen molar-refractivity contribution in [3.05, 3.63) is 29.8 Å². The summed E-state index contributed by atoms with van der Waals surface area (Å²) in [5.74, 6) is 0.691. The fourth-order valence-electron chi connectivity index (χ4n) is 2.25. The molecular weight excluding hydrogens is 276 g/mol. The summed E-state index contributed by atoms with van der Waals surface area (Å²) in [5, 5.41) is 0. The Morgan fingerprint density at radius 2 is 1.90 bits per heavy atom. The third-order valence-corrected chi connectivity index (χ3v) is 3.52. The van der Waals surface area contributed by atoms with E-state index < -0.39 is 0 Å². The van der Waals surface area contributed by atoms with E-state index in [-0.39, 0.29) is 12.4 Å². The highest BCUT2D eigenvalue weighted by Gasteiger charge is 2.12. The standard InChI is InChI=1S/C15H22N2O2.ClH/c1-16-8-10-17(11-9-16)7-4-12-19-15-6-3-2-5-14(15)13-18;/h2-3,5-6,13H,4,7-12H2,1H3;1H. The van der Waals surface area contributed by atoms with Crippen molar-refractivity contribution in [1.82, 2.24) is 9.80 Å². The predicted octanol–water partition coefficient (Wildman–Crippen LogP) is 1.94. The van der Waals surface area contributed by atoms with Gasteiger partial charge in [-0.2, -0.15) is 0 Å². The summed E-state index contributed by atoms with van der Waals surface area (Å²) in [5.41, 5.74) is 0.627. The first-order valence-corrected chi connectivity index (χ1v) is 6.87. The molecule has 112 valence electrons. The highest BCUT2D eigenvalue weighted by Crippen LogP contribution is 2.15. The fraction of sp³-hybridized carbons (Fsp3) is 0.533. The molecule has 0 aliphatic carbocycles. The lowest BCUT2D eigenvalue weighted by molar-refractivity contribution is 0.111. The van der Waals surface area contributed by atoms with Crippen LogP contribution in [0.25, 0.3) is 0 Å². The molecule has 1 heterocycles. The zero-order valence-corrected chi connectivity index (χ0v) is 12.8. The molecule has 0 bridgehead atoms. The quantitative estimate of drug-likeness (QED) is 0.593. The third kappa shape index (κ3) is 5.12. The lowest BCUT2D eigenvalue weighted by Crippen LogP contribution is -2.44. The number of benzene rings is 1. The molecule has 0 unspecified atom stereocenters. The average molecular weight is 299 g/mol. The van der Waals surface area contributed by atoms with Gasteiger partial charge < -0.3 is 14.5 Å². The van der Waals surface area contributed by atoms with E-state index in [1.54, 1.807) is 6.07 Å². The molecule has 1 aromatic carbocycles. The minimum absolute atomic E-state index is 0. The maximum Gasteiger partial charge on any atom is 0.153 e. The molecule has 2 rings (SSSR count). The van der Waals surface area contributed by atoms with Gasteiger partial charge >= 0.3 is 0 Å². The molecule has 0 amide bonds. The minimum Gasteiger partial charge on any atom is -0.493 e. The largest absolute Gasteiger partial charge is 0.493 e. The number of halogens is 1. The van der Waals surface area contributed by atoms with Crippen molar-refractivity contribution in [1.29, 1.82) is 0 Å². The SMILES string of the molecule is CN1CCN(CCCOc2ccccc2C=O)CC1.Cl. The zero-order valence-electron chi connectivity index (χ0n) is 12.0. The van der Waals surface area contributed by atoms with Gasteiger partial charge in [-0.15, -0.1) is 12.4 Å². The highest BCUT2D eigenvalue weighted by molar-refractivity contribution is 5.85. The summed E-state index contributed by atoms with van der Waals surface area (Å²) in [7, 11) is 2.16. The van der Waals surface area contributed by atoms with Crippen LogP contribution >= 0.6 is 12.4 Å². The van der Waals surface area contributed by atoms with E-state index in [1.807, 2.05) is 18.2 Å². The van der Waals surface area contributed by atoms with Crippen molar-refractivity contribution < 1.29 is 9.53 Å². The first kappa shape index (κ1) is 17.0. The molecule has 1 aliphatic heterocycles. The lowest BCUT2D eigenvalue weighted by Gasteiger charge is -2.32. The van der Waals surface area contributed by atoms with Gasteiger partial charge in [-0.05, 0) is 25.6 Å². The molecule has 1 aromatic rings. The van der Waals surface area contributed by atoms with Gasteiger partial charge in [-0.1, -0.05) is 12.1 Å². The predicted molar refractivity (Wildman–Crippen MR) is 83.1 cm³/mol. The van der Waals surface area contributed by atoms with Crippen molar-refractivity contribution in [3.8, 4) is 5.75 Å². The number of rotatable bonds is 6. The van der Waals surface area contributed by atoms with Gasteiger partial charge in [0.2, 0.25) is 0 Å². The van der Waals surface area contributed by atoms with Crippen LogP contribution in [0.1, 0.15) is 16.8 Å². The molecule has 4 nitrogen and oxygen atoms in total. The Labute approximate surface area is 127 Å². The van der Waals surface area contributed by atoms with Crippen LogP contribution < -0.4 is 4.74 Å². The van der Waals surface area contributed by atoms with Crippen LogP contribution in [-0.2, 0) is 0 Å². The summed E-state index contributed by atoms with van der Waals surface area (Å²) in [4.78, 5) is 15.7. The van der Waals surface area contributed by atoms with E-state index in [0.717, 1.165) is 45.4 Å². The Morgan fingerprint density at radius 1 is 1.20 bits per heavy atom. The van der Waals surface area contributed by atoms with Crippen molar-refractivity contribution in [2.45, 2.75) is 6.42 Å². The molecule has 5 heteroatoms. The summed E-state index contributed by atoms with van der Waals surface area (Å²) < 4.78 is 5.67. The zero-order chi connectivity index (χ0) is 13.5. The molecule has 0 spiro atoms. The van der Waals surface area contributed by atoms with Gasteiger partial charge in [-0.25, -0.2) is 0 Å². The number of nitrogens with zero attached hydrogens (tertiary/aromatic N) is 2. The highest BCUT2D eigenvalue weighted by atomic mass is 35.5. The number of ether oxygens (including phenoxy) is 1. The molecule has 0 N–H and O–H groups in total. The number of piperazine rings is 1. The Balaban J connectivity index is 0.00000200. The Hall–Kier alpha value is -1.10. The van der Waals surface area contributed by atoms with Crippen molar-refractivity contribution in [2.75, 3.05) is 46.4 Å². The number of aldehydes is 1. The molecule has 20 heavy (non-hydrogen) atoms. The van der Waals surface area contributed by atoms with Gasteiger partial charge in [0.25, 0.3) is 0 Å². The Kier molecular flexibility index (Phi) is 7.59.